The van der Waals surface area contributed by atoms with Crippen molar-refractivity contribution < 1.29 is 9.47 Å². The van der Waals surface area contributed by atoms with Crippen molar-refractivity contribution in [2.45, 2.75) is 65.2 Å². The van der Waals surface area contributed by atoms with Crippen LogP contribution in [0.5, 0.6) is 11.5 Å². The normalized spacial score (nSPS) is 27.6. The van der Waals surface area contributed by atoms with Crippen LogP contribution in [0.1, 0.15) is 76.5 Å². The number of rotatable bonds is 3. The maximum Gasteiger partial charge on any atom is 0.165 e. The molecule has 24 heavy (non-hydrogen) atoms. The molecule has 3 rings (SSSR count). The molecule has 0 bridgehead atoms. The molecule has 2 aliphatic carbocycles. The van der Waals surface area contributed by atoms with Crippen LogP contribution >= 0.6 is 0 Å². The number of allylic oxidation sites excluding steroid dienone is 1. The van der Waals surface area contributed by atoms with E-state index in [4.69, 9.17) is 9.47 Å². The average molecular weight is 328 g/mol. The molecule has 0 amide bonds. The molecule has 0 radical (unpaired) electrons. The van der Waals surface area contributed by atoms with Crippen molar-refractivity contribution >= 4 is 6.08 Å². The van der Waals surface area contributed by atoms with Gasteiger partial charge < -0.3 is 9.47 Å². The second kappa shape index (κ2) is 5.82. The lowest BCUT2D eigenvalue weighted by Crippen LogP contribution is -2.45. The summed E-state index contributed by atoms with van der Waals surface area (Å²) in [6, 6.07) is 2.32. The monoisotopic (exact) mass is 328 g/mol. The summed E-state index contributed by atoms with van der Waals surface area (Å²) in [6.45, 7) is 11.7. The Bertz CT molecular complexity index is 669. The quantitative estimate of drug-likeness (QED) is 0.684. The van der Waals surface area contributed by atoms with Gasteiger partial charge in [0.1, 0.15) is 0 Å². The average Bonchev–Trinajstić information content (AvgIpc) is 2.51. The fourth-order valence-corrected chi connectivity index (χ4v) is 5.27. The lowest BCUT2D eigenvalue weighted by Gasteiger charge is -2.52. The molecule has 2 heteroatoms. The highest BCUT2D eigenvalue weighted by atomic mass is 16.5. The van der Waals surface area contributed by atoms with Gasteiger partial charge >= 0.3 is 0 Å². The fraction of sp³-hybridized carbons (Fsp3) is 0.636. The van der Waals surface area contributed by atoms with Gasteiger partial charge in [-0.3, -0.25) is 0 Å². The van der Waals surface area contributed by atoms with E-state index in [0.717, 1.165) is 11.5 Å². The molecule has 132 valence electrons. The van der Waals surface area contributed by atoms with Crippen molar-refractivity contribution in [3.8, 4) is 11.5 Å². The Kier molecular flexibility index (Phi) is 4.22. The number of hydrogen-bond donors (Lipinski definition) is 0. The van der Waals surface area contributed by atoms with Crippen LogP contribution in [0.15, 0.2) is 12.1 Å². The molecule has 1 aromatic rings. The summed E-state index contributed by atoms with van der Waals surface area (Å²) >= 11 is 0. The molecule has 1 saturated carbocycles. The van der Waals surface area contributed by atoms with Gasteiger partial charge in [-0.1, -0.05) is 53.2 Å². The zero-order valence-corrected chi connectivity index (χ0v) is 16.3. The number of ether oxygens (including phenoxy) is 2. The van der Waals surface area contributed by atoms with Gasteiger partial charge in [0.25, 0.3) is 0 Å². The summed E-state index contributed by atoms with van der Waals surface area (Å²) in [5.74, 6) is 2.81. The number of methoxy groups -OCH3 is 2. The van der Waals surface area contributed by atoms with E-state index in [2.05, 4.69) is 52.8 Å². The van der Waals surface area contributed by atoms with Gasteiger partial charge in [-0.25, -0.2) is 0 Å². The largest absolute Gasteiger partial charge is 0.493 e. The van der Waals surface area contributed by atoms with Gasteiger partial charge in [0.05, 0.1) is 14.2 Å². The lowest BCUT2D eigenvalue weighted by atomic mass is 9.52. The highest BCUT2D eigenvalue weighted by Crippen LogP contribution is 2.59. The summed E-state index contributed by atoms with van der Waals surface area (Å²) in [4.78, 5) is 0. The van der Waals surface area contributed by atoms with Crippen molar-refractivity contribution in [1.82, 2.24) is 0 Å². The molecule has 1 aromatic carbocycles. The van der Waals surface area contributed by atoms with Gasteiger partial charge in [0.15, 0.2) is 11.5 Å². The summed E-state index contributed by atoms with van der Waals surface area (Å²) < 4.78 is 11.8. The predicted molar refractivity (Wildman–Crippen MR) is 101 cm³/mol. The molecular weight excluding hydrogens is 296 g/mol. The molecular formula is C22H32O2. The Morgan fingerprint density at radius 1 is 1.04 bits per heavy atom. The highest BCUT2D eigenvalue weighted by molar-refractivity contribution is 5.70. The summed E-state index contributed by atoms with van der Waals surface area (Å²) in [7, 11) is 3.55. The Labute approximate surface area is 147 Å². The lowest BCUT2D eigenvalue weighted by molar-refractivity contribution is 0.0887. The Hall–Kier alpha value is -1.44. The molecule has 2 aliphatic rings. The zero-order chi connectivity index (χ0) is 17.7. The molecule has 0 spiro atoms. The summed E-state index contributed by atoms with van der Waals surface area (Å²) in [5, 5.41) is 0. The first kappa shape index (κ1) is 17.4. The molecule has 2 atom stereocenters. The molecule has 1 fully saturated rings. The summed E-state index contributed by atoms with van der Waals surface area (Å²) in [6.07, 6.45) is 8.54. The van der Waals surface area contributed by atoms with Crippen molar-refractivity contribution in [3.05, 3.63) is 28.8 Å². The fourth-order valence-electron chi connectivity index (χ4n) is 5.27. The first-order valence-corrected chi connectivity index (χ1v) is 9.24. The Morgan fingerprint density at radius 3 is 2.29 bits per heavy atom. The third kappa shape index (κ3) is 2.37. The predicted octanol–water partition coefficient (Wildman–Crippen LogP) is 5.94. The van der Waals surface area contributed by atoms with Crippen LogP contribution in [-0.4, -0.2) is 14.2 Å². The minimum atomic E-state index is 0.111. The van der Waals surface area contributed by atoms with E-state index in [0.29, 0.717) is 17.3 Å². The molecule has 0 unspecified atom stereocenters. The van der Waals surface area contributed by atoms with Crippen LogP contribution in [0, 0.1) is 11.3 Å². The van der Waals surface area contributed by atoms with Crippen molar-refractivity contribution in [2.75, 3.05) is 14.2 Å². The van der Waals surface area contributed by atoms with Crippen LogP contribution < -0.4 is 9.47 Å². The van der Waals surface area contributed by atoms with E-state index < -0.39 is 0 Å². The van der Waals surface area contributed by atoms with E-state index in [-0.39, 0.29) is 5.41 Å². The maximum atomic E-state index is 5.95. The Balaban J connectivity index is 2.30. The van der Waals surface area contributed by atoms with E-state index in [1.165, 1.54) is 36.0 Å². The van der Waals surface area contributed by atoms with Gasteiger partial charge in [0.2, 0.25) is 0 Å². The minimum absolute atomic E-state index is 0.111. The van der Waals surface area contributed by atoms with Gasteiger partial charge in [-0.15, -0.1) is 0 Å². The van der Waals surface area contributed by atoms with Crippen molar-refractivity contribution in [1.29, 1.82) is 0 Å². The van der Waals surface area contributed by atoms with Crippen molar-refractivity contribution in [3.63, 3.8) is 0 Å². The SMILES string of the molecule is COc1c(C(C)C)cc2c(c1OC)[C@@]1(C)CCCC(C)(C)[C@@H]1C=C2. The molecule has 0 N–H and O–H groups in total. The van der Waals surface area contributed by atoms with Gasteiger partial charge in [0, 0.05) is 16.5 Å². The molecule has 0 saturated heterocycles. The van der Waals surface area contributed by atoms with Crippen LogP contribution in [0.4, 0.5) is 0 Å². The molecule has 0 aromatic heterocycles. The number of benzene rings is 1. The van der Waals surface area contributed by atoms with Crippen LogP contribution in [0.2, 0.25) is 0 Å². The van der Waals surface area contributed by atoms with Crippen LogP contribution in [-0.2, 0) is 5.41 Å². The van der Waals surface area contributed by atoms with Gasteiger partial charge in [-0.05, 0) is 41.7 Å². The third-order valence-electron chi connectivity index (χ3n) is 6.41. The number of fused-ring (bicyclic) bond motifs is 3. The molecule has 0 aliphatic heterocycles. The molecule has 2 nitrogen and oxygen atoms in total. The van der Waals surface area contributed by atoms with E-state index in [9.17, 15) is 0 Å². The van der Waals surface area contributed by atoms with Gasteiger partial charge in [-0.2, -0.15) is 0 Å². The van der Waals surface area contributed by atoms with Crippen LogP contribution in [0.25, 0.3) is 6.08 Å². The second-order valence-corrected chi connectivity index (χ2v) is 8.75. The smallest absolute Gasteiger partial charge is 0.165 e. The maximum absolute atomic E-state index is 5.95. The van der Waals surface area contributed by atoms with E-state index in [1.54, 1.807) is 14.2 Å². The van der Waals surface area contributed by atoms with E-state index >= 15 is 0 Å². The number of hydrogen-bond acceptors (Lipinski definition) is 2. The first-order chi connectivity index (χ1) is 11.3. The summed E-state index contributed by atoms with van der Waals surface area (Å²) in [5.41, 5.74) is 4.32. The van der Waals surface area contributed by atoms with E-state index in [1.807, 2.05) is 0 Å². The second-order valence-electron chi connectivity index (χ2n) is 8.75. The Morgan fingerprint density at radius 2 is 1.71 bits per heavy atom. The third-order valence-corrected chi connectivity index (χ3v) is 6.41. The minimum Gasteiger partial charge on any atom is -0.493 e. The van der Waals surface area contributed by atoms with Crippen LogP contribution in [0.3, 0.4) is 0 Å². The van der Waals surface area contributed by atoms with Crippen molar-refractivity contribution in [2.24, 2.45) is 11.3 Å². The molecule has 0 heterocycles. The highest BCUT2D eigenvalue weighted by Gasteiger charge is 2.50. The zero-order valence-electron chi connectivity index (χ0n) is 16.3. The standard InChI is InChI=1S/C22H32O2/c1-14(2)16-13-15-9-10-17-21(3,4)11-8-12-22(17,5)18(15)20(24-7)19(16)23-6/h9-10,13-14,17H,8,11-12H2,1-7H3/t17-,22-/m0/s1. The first-order valence-electron chi connectivity index (χ1n) is 9.24. The topological polar surface area (TPSA) is 18.5 Å².